The average molecular weight is 289 g/mol. The Morgan fingerprint density at radius 1 is 1.19 bits per heavy atom. The number of nitrogens with zero attached hydrogens (tertiary/aromatic N) is 2. The van der Waals surface area contributed by atoms with Gasteiger partial charge in [0.1, 0.15) is 0 Å². The van der Waals surface area contributed by atoms with E-state index in [4.69, 9.17) is 0 Å². The maximum Gasteiger partial charge on any atom is 0.234 e. The van der Waals surface area contributed by atoms with Crippen molar-refractivity contribution in [3.63, 3.8) is 0 Å². The molecule has 0 aliphatic carbocycles. The third-order valence-corrected chi connectivity index (χ3v) is 4.11. The summed E-state index contributed by atoms with van der Waals surface area (Å²) in [5, 5.41) is 2.96. The summed E-state index contributed by atoms with van der Waals surface area (Å²) < 4.78 is 0. The van der Waals surface area contributed by atoms with Gasteiger partial charge in [-0.3, -0.25) is 9.69 Å². The average Bonchev–Trinajstić information content (AvgIpc) is 2.42. The maximum atomic E-state index is 11.8. The molecule has 1 aromatic rings. The van der Waals surface area contributed by atoms with E-state index >= 15 is 0 Å². The highest BCUT2D eigenvalue weighted by Crippen LogP contribution is 2.23. The Balaban J connectivity index is 1.88. The number of hydrogen-bond donors (Lipinski definition) is 1. The zero-order valence-corrected chi connectivity index (χ0v) is 13.6. The highest BCUT2D eigenvalue weighted by atomic mass is 16.2. The number of carbonyl (C=O) groups excluding carboxylic acids is 1. The summed E-state index contributed by atoms with van der Waals surface area (Å²) in [7, 11) is 0. The topological polar surface area (TPSA) is 35.6 Å². The van der Waals surface area contributed by atoms with Gasteiger partial charge in [-0.2, -0.15) is 0 Å². The van der Waals surface area contributed by atoms with Gasteiger partial charge in [-0.05, 0) is 44.9 Å². The van der Waals surface area contributed by atoms with Gasteiger partial charge in [0, 0.05) is 37.9 Å². The van der Waals surface area contributed by atoms with Crippen molar-refractivity contribution >= 4 is 11.6 Å². The molecule has 4 nitrogen and oxygen atoms in total. The van der Waals surface area contributed by atoms with Crippen LogP contribution in [0.1, 0.15) is 25.0 Å². The lowest BCUT2D eigenvalue weighted by Gasteiger charge is -2.36. The molecule has 0 bridgehead atoms. The lowest BCUT2D eigenvalue weighted by molar-refractivity contribution is -0.122. The van der Waals surface area contributed by atoms with E-state index in [1.807, 2.05) is 13.8 Å². The minimum Gasteiger partial charge on any atom is -0.369 e. The van der Waals surface area contributed by atoms with Gasteiger partial charge in [0.05, 0.1) is 6.54 Å². The van der Waals surface area contributed by atoms with Crippen LogP contribution in [0.2, 0.25) is 0 Å². The minimum atomic E-state index is 0.130. The van der Waals surface area contributed by atoms with Crippen molar-refractivity contribution in [2.24, 2.45) is 0 Å². The zero-order valence-electron chi connectivity index (χ0n) is 13.6. The molecule has 1 amide bonds. The molecule has 1 aliphatic rings. The van der Waals surface area contributed by atoms with E-state index < -0.39 is 0 Å². The van der Waals surface area contributed by atoms with E-state index in [-0.39, 0.29) is 11.9 Å². The summed E-state index contributed by atoms with van der Waals surface area (Å²) in [5.74, 6) is 0.130. The van der Waals surface area contributed by atoms with Crippen molar-refractivity contribution < 1.29 is 4.79 Å². The first-order valence-electron chi connectivity index (χ1n) is 7.80. The molecule has 2 rings (SSSR count). The van der Waals surface area contributed by atoms with Crippen LogP contribution in [0.15, 0.2) is 18.2 Å². The quantitative estimate of drug-likeness (QED) is 0.920. The first-order valence-corrected chi connectivity index (χ1v) is 7.80. The SMILES string of the molecule is Cc1cccc(N2CCN(CC(=O)NC(C)C)CC2)c1C. The number of aryl methyl sites for hydroxylation is 1. The van der Waals surface area contributed by atoms with Crippen molar-refractivity contribution in [1.29, 1.82) is 0 Å². The molecule has 0 saturated carbocycles. The number of amides is 1. The number of carbonyl (C=O) groups is 1. The standard InChI is InChI=1S/C17H27N3O/c1-13(2)18-17(21)12-19-8-10-20(11-9-19)16-7-5-6-14(3)15(16)4/h5-7,13H,8-12H2,1-4H3,(H,18,21). The van der Waals surface area contributed by atoms with Gasteiger partial charge in [0.25, 0.3) is 0 Å². The summed E-state index contributed by atoms with van der Waals surface area (Å²) in [6, 6.07) is 6.70. The molecule has 0 atom stereocenters. The predicted molar refractivity (Wildman–Crippen MR) is 87.8 cm³/mol. The van der Waals surface area contributed by atoms with Crippen LogP contribution in [0.25, 0.3) is 0 Å². The Bertz CT molecular complexity index is 491. The number of hydrogen-bond acceptors (Lipinski definition) is 3. The molecule has 4 heteroatoms. The van der Waals surface area contributed by atoms with Gasteiger partial charge in [-0.25, -0.2) is 0 Å². The van der Waals surface area contributed by atoms with Crippen LogP contribution in [0.5, 0.6) is 0 Å². The lowest BCUT2D eigenvalue weighted by Crippen LogP contribution is -2.50. The minimum absolute atomic E-state index is 0.130. The second kappa shape index (κ2) is 6.94. The van der Waals surface area contributed by atoms with Crippen molar-refractivity contribution in [2.75, 3.05) is 37.6 Å². The third kappa shape index (κ3) is 4.21. The predicted octanol–water partition coefficient (Wildman–Crippen LogP) is 1.95. The highest BCUT2D eigenvalue weighted by Gasteiger charge is 2.20. The monoisotopic (exact) mass is 289 g/mol. The van der Waals surface area contributed by atoms with Crippen molar-refractivity contribution in [3.8, 4) is 0 Å². The van der Waals surface area contributed by atoms with Gasteiger partial charge < -0.3 is 10.2 Å². The number of rotatable bonds is 4. The van der Waals surface area contributed by atoms with Gasteiger partial charge in [0.15, 0.2) is 0 Å². The largest absolute Gasteiger partial charge is 0.369 e. The van der Waals surface area contributed by atoms with Crippen LogP contribution in [0.4, 0.5) is 5.69 Å². The third-order valence-electron chi connectivity index (χ3n) is 4.11. The highest BCUT2D eigenvalue weighted by molar-refractivity contribution is 5.78. The fourth-order valence-corrected chi connectivity index (χ4v) is 2.80. The molecular formula is C17H27N3O. The van der Waals surface area contributed by atoms with Gasteiger partial charge in [-0.15, -0.1) is 0 Å². The van der Waals surface area contributed by atoms with Crippen molar-refractivity contribution in [3.05, 3.63) is 29.3 Å². The Labute approximate surface area is 128 Å². The van der Waals surface area contributed by atoms with Crippen molar-refractivity contribution in [1.82, 2.24) is 10.2 Å². The first-order chi connectivity index (χ1) is 9.97. The van der Waals surface area contributed by atoms with E-state index in [1.165, 1.54) is 16.8 Å². The summed E-state index contributed by atoms with van der Waals surface area (Å²) in [6.45, 7) is 12.7. The molecule has 1 saturated heterocycles. The van der Waals surface area contributed by atoms with E-state index in [0.717, 1.165) is 26.2 Å². The molecule has 1 aromatic carbocycles. The maximum absolute atomic E-state index is 11.8. The second-order valence-electron chi connectivity index (χ2n) is 6.20. The van der Waals surface area contributed by atoms with Crippen LogP contribution in [-0.4, -0.2) is 49.6 Å². The molecule has 0 spiro atoms. The molecule has 1 N–H and O–H groups in total. The zero-order chi connectivity index (χ0) is 15.4. The first kappa shape index (κ1) is 15.8. The molecule has 0 radical (unpaired) electrons. The van der Waals surface area contributed by atoms with E-state index in [0.29, 0.717) is 6.54 Å². The molecule has 1 aliphatic heterocycles. The van der Waals surface area contributed by atoms with Crippen molar-refractivity contribution in [2.45, 2.75) is 33.7 Å². The second-order valence-corrected chi connectivity index (χ2v) is 6.20. The molecule has 116 valence electrons. The Hall–Kier alpha value is -1.55. The molecule has 1 heterocycles. The lowest BCUT2D eigenvalue weighted by atomic mass is 10.1. The summed E-state index contributed by atoms with van der Waals surface area (Å²) in [5.41, 5.74) is 4.04. The molecule has 21 heavy (non-hydrogen) atoms. The molecule has 0 aromatic heterocycles. The van der Waals surface area contributed by atoms with Gasteiger partial charge in [0.2, 0.25) is 5.91 Å². The van der Waals surface area contributed by atoms with E-state index in [2.05, 4.69) is 47.2 Å². The normalized spacial score (nSPS) is 16.3. The Kier molecular flexibility index (Phi) is 5.23. The van der Waals surface area contributed by atoms with E-state index in [9.17, 15) is 4.79 Å². The van der Waals surface area contributed by atoms with Gasteiger partial charge >= 0.3 is 0 Å². The molecular weight excluding hydrogens is 262 g/mol. The van der Waals surface area contributed by atoms with Crippen LogP contribution in [-0.2, 0) is 4.79 Å². The number of nitrogens with one attached hydrogen (secondary N) is 1. The Morgan fingerprint density at radius 2 is 1.86 bits per heavy atom. The molecule has 1 fully saturated rings. The number of benzene rings is 1. The van der Waals surface area contributed by atoms with Gasteiger partial charge in [-0.1, -0.05) is 12.1 Å². The summed E-state index contributed by atoms with van der Waals surface area (Å²) in [6.07, 6.45) is 0. The summed E-state index contributed by atoms with van der Waals surface area (Å²) >= 11 is 0. The van der Waals surface area contributed by atoms with Crippen LogP contribution < -0.4 is 10.2 Å². The Morgan fingerprint density at radius 3 is 2.48 bits per heavy atom. The smallest absolute Gasteiger partial charge is 0.234 e. The number of anilines is 1. The van der Waals surface area contributed by atoms with Crippen LogP contribution in [0.3, 0.4) is 0 Å². The summed E-state index contributed by atoms with van der Waals surface area (Å²) in [4.78, 5) is 16.5. The number of piperazine rings is 1. The fraction of sp³-hybridized carbons (Fsp3) is 0.588. The molecule has 0 unspecified atom stereocenters. The fourth-order valence-electron chi connectivity index (χ4n) is 2.80. The van der Waals surface area contributed by atoms with E-state index in [1.54, 1.807) is 0 Å². The van der Waals surface area contributed by atoms with Crippen LogP contribution in [0, 0.1) is 13.8 Å². The van der Waals surface area contributed by atoms with Crippen LogP contribution >= 0.6 is 0 Å².